The van der Waals surface area contributed by atoms with Crippen LogP contribution in [-0.2, 0) is 20.7 Å². The molecule has 0 bridgehead atoms. The van der Waals surface area contributed by atoms with Crippen LogP contribution >= 0.6 is 22.9 Å². The molecule has 0 aliphatic rings. The lowest BCUT2D eigenvalue weighted by Gasteiger charge is -2.09. The lowest BCUT2D eigenvalue weighted by atomic mass is 10.2. The van der Waals surface area contributed by atoms with E-state index in [0.717, 1.165) is 28.9 Å². The molecular weight excluding hydrogens is 396 g/mol. The molecule has 1 N–H and O–H groups in total. The van der Waals surface area contributed by atoms with Gasteiger partial charge in [0.15, 0.2) is 6.61 Å². The van der Waals surface area contributed by atoms with Gasteiger partial charge in [0.2, 0.25) is 0 Å². The van der Waals surface area contributed by atoms with E-state index in [4.69, 9.17) is 16.3 Å². The Hall–Kier alpha value is -2.44. The van der Waals surface area contributed by atoms with Crippen LogP contribution in [0.15, 0.2) is 42.5 Å². The highest BCUT2D eigenvalue weighted by molar-refractivity contribution is 7.18. The van der Waals surface area contributed by atoms with Gasteiger partial charge in [-0.2, -0.15) is 0 Å². The molecule has 0 radical (unpaired) electrons. The summed E-state index contributed by atoms with van der Waals surface area (Å²) in [6, 6.07) is 13.2. The van der Waals surface area contributed by atoms with Gasteiger partial charge in [0.1, 0.15) is 0 Å². The second-order valence-electron chi connectivity index (χ2n) is 6.45. The highest BCUT2D eigenvalue weighted by Crippen LogP contribution is 2.23. The summed E-state index contributed by atoms with van der Waals surface area (Å²) in [5.41, 5.74) is 2.52. The Balaban J connectivity index is 1.34. The summed E-state index contributed by atoms with van der Waals surface area (Å²) >= 11 is 7.58. The molecule has 0 aliphatic carbocycles. The average Bonchev–Trinajstić information content (AvgIpc) is 3.09. The van der Waals surface area contributed by atoms with E-state index in [-0.39, 0.29) is 24.9 Å². The maximum absolute atomic E-state index is 11.9. The predicted molar refractivity (Wildman–Crippen MR) is 113 cm³/mol. The first-order valence-electron chi connectivity index (χ1n) is 9.07. The number of fused-ring (bicyclic) bond motifs is 1. The molecule has 28 heavy (non-hydrogen) atoms. The number of aryl methyl sites for hydroxylation is 2. The number of nitrogens with zero attached hydrogens (tertiary/aromatic N) is 1. The molecule has 0 saturated heterocycles. The number of hydrogen-bond donors (Lipinski definition) is 1. The van der Waals surface area contributed by atoms with E-state index in [2.05, 4.69) is 16.4 Å². The highest BCUT2D eigenvalue weighted by atomic mass is 35.5. The molecule has 0 fully saturated rings. The highest BCUT2D eigenvalue weighted by Gasteiger charge is 2.10. The van der Waals surface area contributed by atoms with Crippen LogP contribution in [0.25, 0.3) is 10.2 Å². The van der Waals surface area contributed by atoms with Crippen LogP contribution in [0.5, 0.6) is 0 Å². The molecule has 0 atom stereocenters. The van der Waals surface area contributed by atoms with Crippen LogP contribution < -0.4 is 5.32 Å². The van der Waals surface area contributed by atoms with Crippen LogP contribution in [0.2, 0.25) is 5.02 Å². The Morgan fingerprint density at radius 2 is 2.00 bits per heavy atom. The van der Waals surface area contributed by atoms with Gasteiger partial charge in [0, 0.05) is 17.1 Å². The lowest BCUT2D eigenvalue weighted by molar-refractivity contribution is -0.147. The summed E-state index contributed by atoms with van der Waals surface area (Å²) in [6.07, 6.45) is 2.68. The summed E-state index contributed by atoms with van der Waals surface area (Å²) in [5.74, 6) is -0.736. The largest absolute Gasteiger partial charge is 0.456 e. The third-order valence-electron chi connectivity index (χ3n) is 4.19. The third-order valence-corrected chi connectivity index (χ3v) is 5.52. The van der Waals surface area contributed by atoms with E-state index >= 15 is 0 Å². The number of rotatable bonds is 8. The monoisotopic (exact) mass is 416 g/mol. The maximum Gasteiger partial charge on any atom is 0.306 e. The van der Waals surface area contributed by atoms with Gasteiger partial charge in [-0.15, -0.1) is 11.3 Å². The van der Waals surface area contributed by atoms with Gasteiger partial charge in [0.25, 0.3) is 5.91 Å². The van der Waals surface area contributed by atoms with E-state index in [1.807, 2.05) is 25.1 Å². The van der Waals surface area contributed by atoms with Gasteiger partial charge in [0.05, 0.1) is 15.2 Å². The molecule has 0 spiro atoms. The predicted octanol–water partition coefficient (Wildman–Crippen LogP) is 5.15. The molecule has 1 aromatic heterocycles. The fraction of sp³-hybridized carbons (Fsp3) is 0.286. The molecule has 1 heterocycles. The number of carbonyl (C=O) groups excluding carboxylic acids is 2. The number of esters is 1. The fourth-order valence-corrected chi connectivity index (χ4v) is 3.98. The quantitative estimate of drug-likeness (QED) is 0.407. The molecule has 5 nitrogen and oxygen atoms in total. The number of hydrogen-bond acceptors (Lipinski definition) is 5. The number of nitrogens with one attached hydrogen (secondary N) is 1. The molecule has 1 amide bonds. The molecule has 0 aliphatic heterocycles. The van der Waals surface area contributed by atoms with Crippen LogP contribution in [0, 0.1) is 6.92 Å². The number of unbranched alkanes of at least 4 members (excludes halogenated alkanes) is 1. The van der Waals surface area contributed by atoms with Crippen molar-refractivity contribution >= 4 is 50.7 Å². The summed E-state index contributed by atoms with van der Waals surface area (Å²) < 4.78 is 6.23. The van der Waals surface area contributed by atoms with Gasteiger partial charge in [-0.05, 0) is 62.1 Å². The molecule has 3 rings (SSSR count). The number of carbonyl (C=O) groups is 2. The number of para-hydroxylation sites is 1. The van der Waals surface area contributed by atoms with Crippen molar-refractivity contribution in [1.82, 2.24) is 4.98 Å². The zero-order valence-corrected chi connectivity index (χ0v) is 17.1. The van der Waals surface area contributed by atoms with E-state index < -0.39 is 0 Å². The number of halogens is 1. The number of anilines is 1. The van der Waals surface area contributed by atoms with E-state index in [1.54, 1.807) is 29.5 Å². The summed E-state index contributed by atoms with van der Waals surface area (Å²) in [7, 11) is 0. The lowest BCUT2D eigenvalue weighted by Crippen LogP contribution is -2.21. The van der Waals surface area contributed by atoms with Crippen LogP contribution in [0.1, 0.15) is 29.8 Å². The Morgan fingerprint density at radius 3 is 2.79 bits per heavy atom. The summed E-state index contributed by atoms with van der Waals surface area (Å²) in [4.78, 5) is 28.3. The molecule has 146 valence electrons. The SMILES string of the molecule is Cc1cc(Cl)ccc1NC(=O)COC(=O)CCCCc1nc2ccccc2s1. The molecule has 3 aromatic rings. The first-order chi connectivity index (χ1) is 13.5. The van der Waals surface area contributed by atoms with E-state index in [0.29, 0.717) is 17.1 Å². The average molecular weight is 417 g/mol. The smallest absolute Gasteiger partial charge is 0.306 e. The second-order valence-corrected chi connectivity index (χ2v) is 8.00. The first-order valence-corrected chi connectivity index (χ1v) is 10.3. The minimum atomic E-state index is -0.368. The summed E-state index contributed by atoms with van der Waals surface area (Å²) in [6.45, 7) is 1.55. The number of thiazole rings is 1. The van der Waals surface area contributed by atoms with Crippen molar-refractivity contribution in [3.05, 3.63) is 58.1 Å². The standard InChI is InChI=1S/C21H21ClN2O3S/c1-14-12-15(22)10-11-16(14)23-19(25)13-27-21(26)9-5-4-8-20-24-17-6-2-3-7-18(17)28-20/h2-3,6-7,10-12H,4-5,8-9,13H2,1H3,(H,23,25). The van der Waals surface area contributed by atoms with Crippen LogP contribution in [0.4, 0.5) is 5.69 Å². The number of amides is 1. The normalized spacial score (nSPS) is 10.8. The zero-order chi connectivity index (χ0) is 19.9. The number of aromatic nitrogens is 1. The molecular formula is C21H21ClN2O3S. The Bertz CT molecular complexity index is 954. The molecule has 7 heteroatoms. The first kappa shape index (κ1) is 20.3. The van der Waals surface area contributed by atoms with Crippen molar-refractivity contribution in [3.63, 3.8) is 0 Å². The van der Waals surface area contributed by atoms with Crippen molar-refractivity contribution < 1.29 is 14.3 Å². The van der Waals surface area contributed by atoms with E-state index in [1.165, 1.54) is 4.70 Å². The Labute approximate surface area is 172 Å². The minimum Gasteiger partial charge on any atom is -0.456 e. The second kappa shape index (κ2) is 9.66. The van der Waals surface area contributed by atoms with Gasteiger partial charge < -0.3 is 10.1 Å². The number of ether oxygens (including phenoxy) is 1. The van der Waals surface area contributed by atoms with Crippen molar-refractivity contribution in [2.45, 2.75) is 32.6 Å². The van der Waals surface area contributed by atoms with Gasteiger partial charge in [-0.3, -0.25) is 9.59 Å². The Kier molecular flexibility index (Phi) is 7.01. The Morgan fingerprint density at radius 1 is 1.18 bits per heavy atom. The van der Waals surface area contributed by atoms with Crippen LogP contribution in [-0.4, -0.2) is 23.5 Å². The summed E-state index contributed by atoms with van der Waals surface area (Å²) in [5, 5.41) is 4.39. The van der Waals surface area contributed by atoms with Crippen molar-refractivity contribution in [3.8, 4) is 0 Å². The molecule has 0 saturated carbocycles. The molecule has 0 unspecified atom stereocenters. The van der Waals surface area contributed by atoms with Gasteiger partial charge in [-0.1, -0.05) is 23.7 Å². The maximum atomic E-state index is 11.9. The van der Waals surface area contributed by atoms with Gasteiger partial charge >= 0.3 is 5.97 Å². The fourth-order valence-electron chi connectivity index (χ4n) is 2.74. The zero-order valence-electron chi connectivity index (χ0n) is 15.5. The third kappa shape index (κ3) is 5.78. The van der Waals surface area contributed by atoms with Crippen molar-refractivity contribution in [2.24, 2.45) is 0 Å². The van der Waals surface area contributed by atoms with Gasteiger partial charge in [-0.25, -0.2) is 4.98 Å². The molecule has 2 aromatic carbocycles. The van der Waals surface area contributed by atoms with E-state index in [9.17, 15) is 9.59 Å². The number of benzene rings is 2. The van der Waals surface area contributed by atoms with Crippen LogP contribution in [0.3, 0.4) is 0 Å². The van der Waals surface area contributed by atoms with Crippen molar-refractivity contribution in [2.75, 3.05) is 11.9 Å². The topological polar surface area (TPSA) is 68.3 Å². The minimum absolute atomic E-state index is 0.290. The van der Waals surface area contributed by atoms with Crippen molar-refractivity contribution in [1.29, 1.82) is 0 Å².